The lowest BCUT2D eigenvalue weighted by atomic mass is 10.0. The predicted molar refractivity (Wildman–Crippen MR) is 92.8 cm³/mol. The Labute approximate surface area is 150 Å². The van der Waals surface area contributed by atoms with Gasteiger partial charge >= 0.3 is 5.97 Å². The van der Waals surface area contributed by atoms with Crippen molar-refractivity contribution in [3.05, 3.63) is 34.3 Å². The first-order valence-electron chi connectivity index (χ1n) is 8.41. The highest BCUT2D eigenvalue weighted by Gasteiger charge is 2.46. The Balaban J connectivity index is 1.68. The quantitative estimate of drug-likeness (QED) is 0.803. The molecule has 1 amide bonds. The lowest BCUT2D eigenvalue weighted by Gasteiger charge is -2.34. The van der Waals surface area contributed by atoms with Gasteiger partial charge in [-0.05, 0) is 42.9 Å². The van der Waals surface area contributed by atoms with Gasteiger partial charge in [0, 0.05) is 36.2 Å². The summed E-state index contributed by atoms with van der Waals surface area (Å²) < 4.78 is 6.39. The fraction of sp³-hybridized carbons (Fsp3) is 0.556. The van der Waals surface area contributed by atoms with Gasteiger partial charge in [0.05, 0.1) is 6.42 Å². The molecule has 1 saturated carbocycles. The van der Waals surface area contributed by atoms with Crippen LogP contribution >= 0.6 is 15.9 Å². The van der Waals surface area contributed by atoms with Crippen LogP contribution < -0.4 is 0 Å². The Morgan fingerprint density at radius 3 is 2.71 bits per heavy atom. The molecule has 5 nitrogen and oxygen atoms in total. The van der Waals surface area contributed by atoms with Gasteiger partial charge in [-0.25, -0.2) is 0 Å². The third-order valence-corrected chi connectivity index (χ3v) is 5.36. The summed E-state index contributed by atoms with van der Waals surface area (Å²) in [6.07, 6.45) is 2.43. The maximum Gasteiger partial charge on any atom is 0.305 e. The number of nitrogens with zero attached hydrogens (tertiary/aromatic N) is 1. The van der Waals surface area contributed by atoms with Crippen molar-refractivity contribution >= 4 is 27.8 Å². The van der Waals surface area contributed by atoms with E-state index in [1.54, 1.807) is 4.90 Å². The van der Waals surface area contributed by atoms with Gasteiger partial charge in [0.25, 0.3) is 0 Å². The minimum absolute atomic E-state index is 0.00261. The van der Waals surface area contributed by atoms with E-state index < -0.39 is 5.97 Å². The van der Waals surface area contributed by atoms with Crippen LogP contribution in [0.5, 0.6) is 0 Å². The van der Waals surface area contributed by atoms with E-state index in [0.717, 1.165) is 23.7 Å². The van der Waals surface area contributed by atoms with Crippen LogP contribution in [0.4, 0.5) is 0 Å². The number of halogens is 1. The Morgan fingerprint density at radius 1 is 1.29 bits per heavy atom. The molecule has 0 aromatic heterocycles. The molecule has 6 heteroatoms. The second-order valence-corrected chi connectivity index (χ2v) is 7.44. The Morgan fingerprint density at radius 2 is 2.04 bits per heavy atom. The number of ether oxygens (including phenoxy) is 1. The molecule has 0 spiro atoms. The zero-order chi connectivity index (χ0) is 17.1. The molecule has 1 aliphatic carbocycles. The van der Waals surface area contributed by atoms with Crippen molar-refractivity contribution in [3.8, 4) is 0 Å². The van der Waals surface area contributed by atoms with E-state index in [-0.39, 0.29) is 30.2 Å². The van der Waals surface area contributed by atoms with Gasteiger partial charge < -0.3 is 14.7 Å². The van der Waals surface area contributed by atoms with Crippen molar-refractivity contribution in [1.82, 2.24) is 4.90 Å². The summed E-state index contributed by atoms with van der Waals surface area (Å²) in [7, 11) is 0. The molecule has 1 N–H and O–H groups in total. The van der Waals surface area contributed by atoms with Gasteiger partial charge in [0.15, 0.2) is 0 Å². The molecular formula is C18H22BrNO4. The summed E-state index contributed by atoms with van der Waals surface area (Å²) in [6, 6.07) is 8.19. The fourth-order valence-electron chi connectivity index (χ4n) is 3.47. The standard InChI is InChI=1S/C18H22BrNO4/c19-13-3-1-2-12(10-13)15-11-16(15)18(23)20(7-4-17(21)22)14-5-8-24-9-6-14/h1-3,10,14-16H,4-9,11H2,(H,21,22)/t15-,16+/m0/s1. The highest BCUT2D eigenvalue weighted by molar-refractivity contribution is 9.10. The minimum atomic E-state index is -0.862. The molecule has 1 saturated heterocycles. The molecule has 0 unspecified atom stereocenters. The molecule has 2 aliphatic rings. The average Bonchev–Trinajstić information content (AvgIpc) is 3.36. The Hall–Kier alpha value is -1.40. The van der Waals surface area contributed by atoms with Gasteiger partial charge in [-0.1, -0.05) is 28.1 Å². The van der Waals surface area contributed by atoms with Crippen molar-refractivity contribution < 1.29 is 19.4 Å². The number of hydrogen-bond donors (Lipinski definition) is 1. The van der Waals surface area contributed by atoms with E-state index in [2.05, 4.69) is 28.1 Å². The van der Waals surface area contributed by atoms with Crippen molar-refractivity contribution in [3.63, 3.8) is 0 Å². The van der Waals surface area contributed by atoms with Crippen LogP contribution in [0.25, 0.3) is 0 Å². The number of carbonyl (C=O) groups is 2. The molecule has 2 fully saturated rings. The summed E-state index contributed by atoms with van der Waals surface area (Å²) in [6.45, 7) is 1.57. The number of hydrogen-bond acceptors (Lipinski definition) is 3. The smallest absolute Gasteiger partial charge is 0.305 e. The van der Waals surface area contributed by atoms with E-state index in [0.29, 0.717) is 19.8 Å². The summed E-state index contributed by atoms with van der Waals surface area (Å²) >= 11 is 3.47. The van der Waals surface area contributed by atoms with E-state index in [9.17, 15) is 9.59 Å². The van der Waals surface area contributed by atoms with E-state index in [1.165, 1.54) is 5.56 Å². The van der Waals surface area contributed by atoms with Crippen LogP contribution in [0.2, 0.25) is 0 Å². The molecule has 2 atom stereocenters. The maximum atomic E-state index is 13.0. The van der Waals surface area contributed by atoms with E-state index in [4.69, 9.17) is 9.84 Å². The monoisotopic (exact) mass is 395 g/mol. The molecule has 1 aromatic carbocycles. The van der Waals surface area contributed by atoms with Gasteiger partial charge in [0.1, 0.15) is 0 Å². The third-order valence-electron chi connectivity index (χ3n) is 4.87. The number of benzene rings is 1. The number of carboxylic acids is 1. The van der Waals surface area contributed by atoms with Gasteiger partial charge in [0.2, 0.25) is 5.91 Å². The van der Waals surface area contributed by atoms with E-state index >= 15 is 0 Å². The van der Waals surface area contributed by atoms with Crippen molar-refractivity contribution in [1.29, 1.82) is 0 Å². The maximum absolute atomic E-state index is 13.0. The number of rotatable bonds is 6. The zero-order valence-corrected chi connectivity index (χ0v) is 15.1. The highest BCUT2D eigenvalue weighted by Crippen LogP contribution is 2.49. The molecular weight excluding hydrogens is 374 g/mol. The SMILES string of the molecule is O=C(O)CCN(C(=O)[C@@H]1C[C@H]1c1cccc(Br)c1)C1CCOCC1. The number of carbonyl (C=O) groups excluding carboxylic acids is 1. The first kappa shape index (κ1) is 17.4. The fourth-order valence-corrected chi connectivity index (χ4v) is 3.89. The molecule has 24 heavy (non-hydrogen) atoms. The van der Waals surface area contributed by atoms with Crippen molar-refractivity contribution in [2.75, 3.05) is 19.8 Å². The lowest BCUT2D eigenvalue weighted by Crippen LogP contribution is -2.45. The normalized spacial score (nSPS) is 23.7. The second kappa shape index (κ2) is 7.66. The van der Waals surface area contributed by atoms with Crippen LogP contribution in [0.1, 0.15) is 37.2 Å². The second-order valence-electron chi connectivity index (χ2n) is 6.52. The molecule has 3 rings (SSSR count). The summed E-state index contributed by atoms with van der Waals surface area (Å²) in [5, 5.41) is 8.99. The minimum Gasteiger partial charge on any atom is -0.481 e. The van der Waals surface area contributed by atoms with Gasteiger partial charge in [-0.15, -0.1) is 0 Å². The molecule has 1 aromatic rings. The van der Waals surface area contributed by atoms with Crippen molar-refractivity contribution in [2.24, 2.45) is 5.92 Å². The molecule has 1 aliphatic heterocycles. The number of carboxylic acid groups (broad SMARTS) is 1. The Kier molecular flexibility index (Phi) is 5.56. The lowest BCUT2D eigenvalue weighted by molar-refractivity contribution is -0.141. The van der Waals surface area contributed by atoms with Crippen LogP contribution in [-0.2, 0) is 14.3 Å². The predicted octanol–water partition coefficient (Wildman–Crippen LogP) is 3.03. The largest absolute Gasteiger partial charge is 0.481 e. The zero-order valence-electron chi connectivity index (χ0n) is 13.5. The molecule has 130 valence electrons. The molecule has 1 heterocycles. The summed E-state index contributed by atoms with van der Waals surface area (Å²) in [4.78, 5) is 25.7. The van der Waals surface area contributed by atoms with E-state index in [1.807, 2.05) is 12.1 Å². The number of amides is 1. The molecule has 0 bridgehead atoms. The first-order valence-corrected chi connectivity index (χ1v) is 9.21. The van der Waals surface area contributed by atoms with Crippen LogP contribution in [0.15, 0.2) is 28.7 Å². The first-order chi connectivity index (χ1) is 11.6. The van der Waals surface area contributed by atoms with Gasteiger partial charge in [-0.3, -0.25) is 9.59 Å². The van der Waals surface area contributed by atoms with Crippen LogP contribution in [0, 0.1) is 5.92 Å². The summed E-state index contributed by atoms with van der Waals surface area (Å²) in [5.74, 6) is -0.523. The highest BCUT2D eigenvalue weighted by atomic mass is 79.9. The summed E-state index contributed by atoms with van der Waals surface area (Å²) in [5.41, 5.74) is 1.17. The van der Waals surface area contributed by atoms with Gasteiger partial charge in [-0.2, -0.15) is 0 Å². The number of aliphatic carboxylic acids is 1. The van der Waals surface area contributed by atoms with Crippen LogP contribution in [0.3, 0.4) is 0 Å². The average molecular weight is 396 g/mol. The topological polar surface area (TPSA) is 66.8 Å². The van der Waals surface area contributed by atoms with Crippen LogP contribution in [-0.4, -0.2) is 47.7 Å². The third kappa shape index (κ3) is 4.16. The van der Waals surface area contributed by atoms with Crippen molar-refractivity contribution in [2.45, 2.75) is 37.6 Å². The Bertz CT molecular complexity index is 615. The molecule has 0 radical (unpaired) electrons.